The number of carbonyl (C=O) groups excluding carboxylic acids is 1. The number of amides is 1. The number of benzene rings is 1. The van der Waals surface area contributed by atoms with Gasteiger partial charge >= 0.3 is 6.09 Å². The Balaban J connectivity index is 1.80. The number of carbonyl (C=O) groups is 1. The van der Waals surface area contributed by atoms with Crippen molar-refractivity contribution in [2.45, 2.75) is 26.0 Å². The van der Waals surface area contributed by atoms with Crippen molar-refractivity contribution in [1.82, 2.24) is 10.3 Å². The van der Waals surface area contributed by atoms with Crippen LogP contribution in [0, 0.1) is 0 Å². The van der Waals surface area contributed by atoms with E-state index in [0.717, 1.165) is 10.0 Å². The van der Waals surface area contributed by atoms with E-state index in [4.69, 9.17) is 9.47 Å². The van der Waals surface area contributed by atoms with Gasteiger partial charge in [-0.3, -0.25) is 0 Å². The fourth-order valence-electron chi connectivity index (χ4n) is 1.80. The Morgan fingerprint density at radius 1 is 1.22 bits per heavy atom. The summed E-state index contributed by atoms with van der Waals surface area (Å²) in [5.41, 5.74) is 0.346. The number of aromatic nitrogens is 1. The fourth-order valence-corrected chi connectivity index (χ4v) is 2.17. The summed E-state index contributed by atoms with van der Waals surface area (Å²) >= 11 is 3.37. The van der Waals surface area contributed by atoms with Crippen LogP contribution in [-0.2, 0) is 11.3 Å². The molecule has 2 rings (SSSR count). The van der Waals surface area contributed by atoms with E-state index in [1.807, 2.05) is 50.2 Å². The first-order chi connectivity index (χ1) is 11.0. The summed E-state index contributed by atoms with van der Waals surface area (Å²) in [5, 5.41) is 2.79. The van der Waals surface area contributed by atoms with Crippen LogP contribution in [-0.4, -0.2) is 23.2 Å². The summed E-state index contributed by atoms with van der Waals surface area (Å²) in [6, 6.07) is 13.2. The number of pyridine rings is 1. The maximum Gasteiger partial charge on any atom is 0.407 e. The molecule has 0 aliphatic heterocycles. The minimum atomic E-state index is -0.593. The summed E-state index contributed by atoms with van der Waals surface area (Å²) in [6.45, 7) is 4.21. The number of nitrogens with zero attached hydrogens (tertiary/aromatic N) is 1. The molecule has 0 aliphatic carbocycles. The third-order valence-electron chi connectivity index (χ3n) is 2.95. The molecule has 0 aliphatic rings. The quantitative estimate of drug-likeness (QED) is 0.826. The van der Waals surface area contributed by atoms with E-state index < -0.39 is 11.6 Å². The van der Waals surface area contributed by atoms with Gasteiger partial charge in [0.2, 0.25) is 5.88 Å². The number of rotatable bonds is 6. The third kappa shape index (κ3) is 5.90. The Labute approximate surface area is 144 Å². The SMILES string of the molecule is CC(C)(COc1ncccc1Br)NC(=O)OCc1ccccc1. The second-order valence-electron chi connectivity index (χ2n) is 5.65. The Bertz CT molecular complexity index is 647. The van der Waals surface area contributed by atoms with Crippen molar-refractivity contribution in [3.05, 3.63) is 58.7 Å². The van der Waals surface area contributed by atoms with Gasteiger partial charge in [-0.15, -0.1) is 0 Å². The number of nitrogens with one attached hydrogen (secondary N) is 1. The van der Waals surface area contributed by atoms with Gasteiger partial charge in [-0.05, 0) is 47.5 Å². The highest BCUT2D eigenvalue weighted by molar-refractivity contribution is 9.10. The topological polar surface area (TPSA) is 60.5 Å². The number of halogens is 1. The largest absolute Gasteiger partial charge is 0.474 e. The van der Waals surface area contributed by atoms with Crippen molar-refractivity contribution in [3.8, 4) is 5.88 Å². The standard InChI is InChI=1S/C17H19BrN2O3/c1-17(2,12-23-15-14(18)9-6-10-19-15)20-16(21)22-11-13-7-4-3-5-8-13/h3-10H,11-12H2,1-2H3,(H,20,21). The number of hydrogen-bond donors (Lipinski definition) is 1. The molecule has 2 aromatic rings. The molecule has 0 atom stereocenters. The van der Waals surface area contributed by atoms with Crippen molar-refractivity contribution in [1.29, 1.82) is 0 Å². The van der Waals surface area contributed by atoms with Gasteiger partial charge in [0.1, 0.15) is 13.2 Å². The van der Waals surface area contributed by atoms with Gasteiger partial charge in [0.25, 0.3) is 0 Å². The molecule has 1 amide bonds. The lowest BCUT2D eigenvalue weighted by molar-refractivity contribution is 0.118. The third-order valence-corrected chi connectivity index (χ3v) is 3.55. The molecule has 0 saturated heterocycles. The molecule has 0 bridgehead atoms. The first kappa shape index (κ1) is 17.3. The van der Waals surface area contributed by atoms with Gasteiger partial charge in [0, 0.05) is 6.20 Å². The zero-order valence-electron chi connectivity index (χ0n) is 13.1. The van der Waals surface area contributed by atoms with Gasteiger partial charge in [-0.2, -0.15) is 0 Å². The number of alkyl carbamates (subject to hydrolysis) is 1. The van der Waals surface area contributed by atoms with Crippen LogP contribution in [0.2, 0.25) is 0 Å². The van der Waals surface area contributed by atoms with Crippen LogP contribution in [0.5, 0.6) is 5.88 Å². The van der Waals surface area contributed by atoms with E-state index in [9.17, 15) is 4.79 Å². The van der Waals surface area contributed by atoms with Crippen molar-refractivity contribution < 1.29 is 14.3 Å². The Morgan fingerprint density at radius 2 is 1.96 bits per heavy atom. The first-order valence-corrected chi connectivity index (χ1v) is 7.98. The van der Waals surface area contributed by atoms with E-state index >= 15 is 0 Å². The molecule has 6 heteroatoms. The Morgan fingerprint density at radius 3 is 2.65 bits per heavy atom. The normalized spacial score (nSPS) is 10.9. The zero-order chi connectivity index (χ0) is 16.7. The van der Waals surface area contributed by atoms with E-state index in [1.165, 1.54) is 0 Å². The van der Waals surface area contributed by atoms with Gasteiger partial charge in [-0.25, -0.2) is 9.78 Å². The molecule has 0 unspecified atom stereocenters. The van der Waals surface area contributed by atoms with E-state index in [2.05, 4.69) is 26.2 Å². The smallest absolute Gasteiger partial charge is 0.407 e. The summed E-state index contributed by atoms with van der Waals surface area (Å²) in [5.74, 6) is 0.486. The average molecular weight is 379 g/mol. The lowest BCUT2D eigenvalue weighted by Gasteiger charge is -2.25. The van der Waals surface area contributed by atoms with Crippen LogP contribution in [0.15, 0.2) is 53.1 Å². The molecule has 0 fully saturated rings. The van der Waals surface area contributed by atoms with Crippen LogP contribution in [0.25, 0.3) is 0 Å². The van der Waals surface area contributed by atoms with Crippen LogP contribution < -0.4 is 10.1 Å². The highest BCUT2D eigenvalue weighted by Gasteiger charge is 2.23. The predicted molar refractivity (Wildman–Crippen MR) is 91.3 cm³/mol. The van der Waals surface area contributed by atoms with Gasteiger partial charge in [0.05, 0.1) is 10.0 Å². The second-order valence-corrected chi connectivity index (χ2v) is 6.50. The summed E-state index contributed by atoms with van der Waals surface area (Å²) in [6.07, 6.45) is 1.16. The van der Waals surface area contributed by atoms with Gasteiger partial charge < -0.3 is 14.8 Å². The zero-order valence-corrected chi connectivity index (χ0v) is 14.7. The van der Waals surface area contributed by atoms with Crippen LogP contribution >= 0.6 is 15.9 Å². The van der Waals surface area contributed by atoms with Crippen molar-refractivity contribution in [2.24, 2.45) is 0 Å². The van der Waals surface area contributed by atoms with Crippen molar-refractivity contribution in [3.63, 3.8) is 0 Å². The maximum absolute atomic E-state index is 11.9. The molecule has 0 radical (unpaired) electrons. The maximum atomic E-state index is 11.9. The monoisotopic (exact) mass is 378 g/mol. The molecule has 23 heavy (non-hydrogen) atoms. The fraction of sp³-hybridized carbons (Fsp3) is 0.294. The van der Waals surface area contributed by atoms with E-state index in [1.54, 1.807) is 12.3 Å². The van der Waals surface area contributed by atoms with E-state index in [-0.39, 0.29) is 13.2 Å². The van der Waals surface area contributed by atoms with Gasteiger partial charge in [-0.1, -0.05) is 30.3 Å². The van der Waals surface area contributed by atoms with Crippen LogP contribution in [0.3, 0.4) is 0 Å². The summed E-state index contributed by atoms with van der Waals surface area (Å²) in [4.78, 5) is 16.0. The van der Waals surface area contributed by atoms with Crippen LogP contribution in [0.4, 0.5) is 4.79 Å². The van der Waals surface area contributed by atoms with E-state index in [0.29, 0.717) is 5.88 Å². The molecular formula is C17H19BrN2O3. The lowest BCUT2D eigenvalue weighted by atomic mass is 10.1. The Hall–Kier alpha value is -2.08. The number of ether oxygens (including phenoxy) is 2. The lowest BCUT2D eigenvalue weighted by Crippen LogP contribution is -2.48. The molecule has 5 nitrogen and oxygen atoms in total. The minimum Gasteiger partial charge on any atom is -0.474 e. The predicted octanol–water partition coefficient (Wildman–Crippen LogP) is 3.93. The molecule has 122 valence electrons. The molecular weight excluding hydrogens is 360 g/mol. The van der Waals surface area contributed by atoms with Crippen molar-refractivity contribution >= 4 is 22.0 Å². The Kier molecular flexibility index (Phi) is 5.98. The molecule has 0 saturated carbocycles. The molecule has 0 spiro atoms. The highest BCUT2D eigenvalue weighted by atomic mass is 79.9. The average Bonchev–Trinajstić information content (AvgIpc) is 2.53. The summed E-state index contributed by atoms with van der Waals surface area (Å²) in [7, 11) is 0. The first-order valence-electron chi connectivity index (χ1n) is 7.18. The molecule has 1 aromatic carbocycles. The summed E-state index contributed by atoms with van der Waals surface area (Å²) < 4.78 is 11.6. The van der Waals surface area contributed by atoms with Gasteiger partial charge in [0.15, 0.2) is 0 Å². The number of hydrogen-bond acceptors (Lipinski definition) is 4. The van der Waals surface area contributed by atoms with Crippen LogP contribution in [0.1, 0.15) is 19.4 Å². The molecule has 1 heterocycles. The highest BCUT2D eigenvalue weighted by Crippen LogP contribution is 2.21. The second kappa shape index (κ2) is 7.97. The minimum absolute atomic E-state index is 0.232. The van der Waals surface area contributed by atoms with Crippen molar-refractivity contribution in [2.75, 3.05) is 6.61 Å². The molecule has 1 aromatic heterocycles. The molecule has 1 N–H and O–H groups in total.